The zero-order valence-electron chi connectivity index (χ0n) is 16.1. The van der Waals surface area contributed by atoms with Gasteiger partial charge in [0.25, 0.3) is 5.56 Å². The van der Waals surface area contributed by atoms with Gasteiger partial charge in [-0.1, -0.05) is 24.8 Å². The van der Waals surface area contributed by atoms with Gasteiger partial charge < -0.3 is 9.64 Å². The van der Waals surface area contributed by atoms with Crippen molar-refractivity contribution in [2.24, 2.45) is 5.92 Å². The highest BCUT2D eigenvalue weighted by Gasteiger charge is 2.25. The van der Waals surface area contributed by atoms with Crippen LogP contribution in [0.25, 0.3) is 10.2 Å². The average Bonchev–Trinajstić information content (AvgIpc) is 3.06. The first-order valence-corrected chi connectivity index (χ1v) is 11.5. The number of rotatable bonds is 5. The highest BCUT2D eigenvalue weighted by molar-refractivity contribution is 7.99. The van der Waals surface area contributed by atoms with Crippen molar-refractivity contribution >= 4 is 39.2 Å². The van der Waals surface area contributed by atoms with E-state index in [1.807, 2.05) is 4.90 Å². The number of aryl methyl sites for hydroxylation is 1. The van der Waals surface area contributed by atoms with Crippen molar-refractivity contribution in [3.05, 3.63) is 33.4 Å². The number of fused-ring (bicyclic) bond motifs is 3. The number of thiophene rings is 1. The lowest BCUT2D eigenvalue weighted by Gasteiger charge is -2.26. The van der Waals surface area contributed by atoms with E-state index >= 15 is 0 Å². The van der Waals surface area contributed by atoms with Gasteiger partial charge in [-0.25, -0.2) is 4.98 Å². The van der Waals surface area contributed by atoms with Crippen LogP contribution in [0.1, 0.15) is 23.8 Å². The monoisotopic (exact) mass is 419 g/mol. The van der Waals surface area contributed by atoms with Crippen LogP contribution >= 0.6 is 23.1 Å². The highest BCUT2D eigenvalue weighted by atomic mass is 32.2. The molecule has 2 aromatic heterocycles. The van der Waals surface area contributed by atoms with Crippen molar-refractivity contribution in [1.82, 2.24) is 14.5 Å². The minimum Gasteiger partial charge on any atom is -0.378 e. The number of ether oxygens (including phenoxy) is 1. The molecule has 1 aliphatic heterocycles. The summed E-state index contributed by atoms with van der Waals surface area (Å²) in [7, 11) is 0. The molecule has 8 heteroatoms. The standard InChI is InChI=1S/C20H25N3O3S2/c1-3-6-23-19(25)17-14-5-4-13(2)11-15(14)28-18(17)21-20(23)27-12-16(24)22-7-9-26-10-8-22/h3,13H,1,4-12H2,2H3/t13-/m0/s1. The minimum atomic E-state index is -0.00160. The molecule has 1 amide bonds. The normalized spacial score (nSPS) is 19.6. The second-order valence-electron chi connectivity index (χ2n) is 7.41. The zero-order valence-corrected chi connectivity index (χ0v) is 17.7. The van der Waals surface area contributed by atoms with E-state index in [1.54, 1.807) is 22.0 Å². The summed E-state index contributed by atoms with van der Waals surface area (Å²) >= 11 is 2.99. The maximum Gasteiger partial charge on any atom is 0.263 e. The SMILES string of the molecule is C=CCn1c(SCC(=O)N2CCOCC2)nc2sc3c(c2c1=O)CC[C@H](C)C3. The molecule has 0 saturated carbocycles. The Hall–Kier alpha value is -1.64. The molecule has 2 aliphatic rings. The number of carbonyl (C=O) groups is 1. The fourth-order valence-corrected chi connectivity index (χ4v) is 6.17. The van der Waals surface area contributed by atoms with Gasteiger partial charge in [0.1, 0.15) is 4.83 Å². The van der Waals surface area contributed by atoms with Crippen LogP contribution in [0.4, 0.5) is 0 Å². The Morgan fingerprint density at radius 3 is 2.96 bits per heavy atom. The van der Waals surface area contributed by atoms with Crippen LogP contribution in [0.3, 0.4) is 0 Å². The lowest BCUT2D eigenvalue weighted by Crippen LogP contribution is -2.41. The van der Waals surface area contributed by atoms with E-state index in [4.69, 9.17) is 9.72 Å². The van der Waals surface area contributed by atoms with Crippen LogP contribution in [0.15, 0.2) is 22.6 Å². The number of thioether (sulfide) groups is 1. The third-order valence-electron chi connectivity index (χ3n) is 5.38. The minimum absolute atomic E-state index is 0.00160. The summed E-state index contributed by atoms with van der Waals surface area (Å²) in [5, 5.41) is 1.38. The summed E-state index contributed by atoms with van der Waals surface area (Å²) in [6.07, 6.45) is 4.80. The Morgan fingerprint density at radius 1 is 1.43 bits per heavy atom. The fourth-order valence-electron chi connectivity index (χ4n) is 3.84. The molecule has 6 nitrogen and oxygen atoms in total. The van der Waals surface area contributed by atoms with Crippen molar-refractivity contribution in [3.63, 3.8) is 0 Å². The molecule has 0 spiro atoms. The van der Waals surface area contributed by atoms with Crippen LogP contribution in [-0.2, 0) is 28.9 Å². The third-order valence-corrected chi connectivity index (χ3v) is 7.49. The van der Waals surface area contributed by atoms with E-state index in [2.05, 4.69) is 13.5 Å². The molecule has 1 fully saturated rings. The van der Waals surface area contributed by atoms with Gasteiger partial charge in [-0.2, -0.15) is 0 Å². The van der Waals surface area contributed by atoms with Crippen LogP contribution < -0.4 is 5.56 Å². The van der Waals surface area contributed by atoms with E-state index in [0.29, 0.717) is 43.9 Å². The summed E-state index contributed by atoms with van der Waals surface area (Å²) in [5.41, 5.74) is 1.19. The number of hydrogen-bond acceptors (Lipinski definition) is 6. The van der Waals surface area contributed by atoms with E-state index in [9.17, 15) is 9.59 Å². The van der Waals surface area contributed by atoms with Gasteiger partial charge in [0, 0.05) is 24.5 Å². The van der Waals surface area contributed by atoms with E-state index in [-0.39, 0.29) is 17.2 Å². The van der Waals surface area contributed by atoms with Crippen LogP contribution in [-0.4, -0.2) is 52.4 Å². The van der Waals surface area contributed by atoms with Crippen molar-refractivity contribution < 1.29 is 9.53 Å². The second-order valence-corrected chi connectivity index (χ2v) is 9.44. The number of hydrogen-bond donors (Lipinski definition) is 0. The molecule has 28 heavy (non-hydrogen) atoms. The third kappa shape index (κ3) is 3.77. The van der Waals surface area contributed by atoms with Gasteiger partial charge in [-0.3, -0.25) is 14.2 Å². The number of allylic oxidation sites excluding steroid dienone is 1. The van der Waals surface area contributed by atoms with E-state index in [1.165, 1.54) is 22.2 Å². The molecule has 3 heterocycles. The predicted molar refractivity (Wildman–Crippen MR) is 113 cm³/mol. The first kappa shape index (κ1) is 19.7. The van der Waals surface area contributed by atoms with Gasteiger partial charge in [0.05, 0.1) is 24.4 Å². The van der Waals surface area contributed by atoms with Gasteiger partial charge in [0.2, 0.25) is 5.91 Å². The summed E-state index contributed by atoms with van der Waals surface area (Å²) < 4.78 is 6.97. The molecule has 0 N–H and O–H groups in total. The first-order chi connectivity index (χ1) is 13.6. The van der Waals surface area contributed by atoms with E-state index in [0.717, 1.165) is 29.5 Å². The molecular formula is C20H25N3O3S2. The maximum absolute atomic E-state index is 13.3. The van der Waals surface area contributed by atoms with Crippen molar-refractivity contribution in [3.8, 4) is 0 Å². The van der Waals surface area contributed by atoms with Crippen LogP contribution in [0.2, 0.25) is 0 Å². The zero-order chi connectivity index (χ0) is 19.7. The Kier molecular flexibility index (Phi) is 5.89. The molecular weight excluding hydrogens is 394 g/mol. The first-order valence-electron chi connectivity index (χ1n) is 9.72. The number of carbonyl (C=O) groups excluding carboxylic acids is 1. The highest BCUT2D eigenvalue weighted by Crippen LogP contribution is 2.36. The Labute approximate surface area is 172 Å². The summed E-state index contributed by atoms with van der Waals surface area (Å²) in [6.45, 7) is 8.87. The van der Waals surface area contributed by atoms with Gasteiger partial charge in [0.15, 0.2) is 5.16 Å². The van der Waals surface area contributed by atoms with Crippen molar-refractivity contribution in [2.45, 2.75) is 37.9 Å². The number of nitrogens with zero attached hydrogens (tertiary/aromatic N) is 3. The Balaban J connectivity index is 1.65. The van der Waals surface area contributed by atoms with Gasteiger partial charge in [-0.15, -0.1) is 17.9 Å². The topological polar surface area (TPSA) is 64.4 Å². The number of aromatic nitrogens is 2. The molecule has 0 unspecified atom stereocenters. The molecule has 0 bridgehead atoms. The lowest BCUT2D eigenvalue weighted by atomic mass is 9.89. The number of morpholine rings is 1. The maximum atomic E-state index is 13.3. The van der Waals surface area contributed by atoms with Crippen molar-refractivity contribution in [2.75, 3.05) is 32.1 Å². The Morgan fingerprint density at radius 2 is 2.21 bits per heavy atom. The fraction of sp³-hybridized carbons (Fsp3) is 0.550. The second kappa shape index (κ2) is 8.39. The summed E-state index contributed by atoms with van der Waals surface area (Å²) in [6, 6.07) is 0. The average molecular weight is 420 g/mol. The molecule has 1 aliphatic carbocycles. The number of amides is 1. The summed E-state index contributed by atoms with van der Waals surface area (Å²) in [4.78, 5) is 34.5. The van der Waals surface area contributed by atoms with Crippen LogP contribution in [0.5, 0.6) is 0 Å². The quantitative estimate of drug-likeness (QED) is 0.424. The molecule has 1 atom stereocenters. The molecule has 1 saturated heterocycles. The predicted octanol–water partition coefficient (Wildman–Crippen LogP) is 2.72. The molecule has 0 radical (unpaired) electrons. The van der Waals surface area contributed by atoms with Crippen LogP contribution in [0, 0.1) is 5.92 Å². The largest absolute Gasteiger partial charge is 0.378 e. The van der Waals surface area contributed by atoms with E-state index < -0.39 is 0 Å². The smallest absolute Gasteiger partial charge is 0.263 e. The molecule has 0 aromatic carbocycles. The molecule has 150 valence electrons. The summed E-state index contributed by atoms with van der Waals surface area (Å²) in [5.74, 6) is 0.986. The molecule has 2 aromatic rings. The van der Waals surface area contributed by atoms with Gasteiger partial charge in [-0.05, 0) is 30.7 Å². The van der Waals surface area contributed by atoms with Gasteiger partial charge >= 0.3 is 0 Å². The van der Waals surface area contributed by atoms with Crippen molar-refractivity contribution in [1.29, 1.82) is 0 Å². The lowest BCUT2D eigenvalue weighted by molar-refractivity contribution is -0.132. The Bertz CT molecular complexity index is 960. The molecule has 4 rings (SSSR count).